The Balaban J connectivity index is 1.72. The first-order valence-corrected chi connectivity index (χ1v) is 8.18. The Morgan fingerprint density at radius 2 is 1.80 bits per heavy atom. The number of fused-ring (bicyclic) bond motifs is 1. The molecule has 2 aliphatic rings. The summed E-state index contributed by atoms with van der Waals surface area (Å²) in [4.78, 5) is 0. The Bertz CT molecular complexity index is 445. The maximum atomic E-state index is 6.59. The molecule has 1 aromatic carbocycles. The fourth-order valence-corrected chi connectivity index (χ4v) is 4.43. The Hall–Kier alpha value is -1.02. The van der Waals surface area contributed by atoms with Gasteiger partial charge in [0.05, 0.1) is 7.11 Å². The highest BCUT2D eigenvalue weighted by Gasteiger charge is 2.35. The van der Waals surface area contributed by atoms with Crippen molar-refractivity contribution in [3.8, 4) is 5.75 Å². The van der Waals surface area contributed by atoms with E-state index >= 15 is 0 Å². The molecule has 20 heavy (non-hydrogen) atoms. The van der Waals surface area contributed by atoms with Crippen LogP contribution >= 0.6 is 0 Å². The van der Waals surface area contributed by atoms with Crippen molar-refractivity contribution >= 4 is 0 Å². The molecule has 2 heteroatoms. The van der Waals surface area contributed by atoms with Crippen LogP contribution in [0.15, 0.2) is 24.3 Å². The highest BCUT2D eigenvalue weighted by molar-refractivity contribution is 5.36. The molecule has 3 rings (SSSR count). The van der Waals surface area contributed by atoms with Gasteiger partial charge < -0.3 is 10.5 Å². The van der Waals surface area contributed by atoms with E-state index < -0.39 is 0 Å². The van der Waals surface area contributed by atoms with Gasteiger partial charge in [0.15, 0.2) is 0 Å². The zero-order valence-corrected chi connectivity index (χ0v) is 12.6. The van der Waals surface area contributed by atoms with Crippen molar-refractivity contribution in [1.82, 2.24) is 0 Å². The monoisotopic (exact) mass is 273 g/mol. The predicted octanol–water partition coefficient (Wildman–Crippen LogP) is 4.30. The Morgan fingerprint density at radius 3 is 2.60 bits per heavy atom. The molecule has 4 atom stereocenters. The van der Waals surface area contributed by atoms with E-state index in [1.54, 1.807) is 7.11 Å². The van der Waals surface area contributed by atoms with Crippen LogP contribution in [0.1, 0.15) is 56.6 Å². The van der Waals surface area contributed by atoms with Gasteiger partial charge in [-0.15, -0.1) is 0 Å². The van der Waals surface area contributed by atoms with E-state index in [4.69, 9.17) is 10.5 Å². The molecule has 0 heterocycles. The summed E-state index contributed by atoms with van der Waals surface area (Å²) in [6.45, 7) is 0. The Kier molecular flexibility index (Phi) is 4.30. The van der Waals surface area contributed by atoms with Crippen LogP contribution in [0.25, 0.3) is 0 Å². The molecule has 0 saturated heterocycles. The van der Waals surface area contributed by atoms with E-state index in [-0.39, 0.29) is 6.04 Å². The van der Waals surface area contributed by atoms with E-state index in [9.17, 15) is 0 Å². The SMILES string of the molecule is COc1ccccc1C(N)C1CCC2CCCCC2C1. The molecule has 2 aliphatic carbocycles. The van der Waals surface area contributed by atoms with Gasteiger partial charge in [-0.25, -0.2) is 0 Å². The fraction of sp³-hybridized carbons (Fsp3) is 0.667. The van der Waals surface area contributed by atoms with Crippen LogP contribution in [-0.4, -0.2) is 7.11 Å². The third-order valence-electron chi connectivity index (χ3n) is 5.59. The quantitative estimate of drug-likeness (QED) is 0.891. The largest absolute Gasteiger partial charge is 0.496 e. The highest BCUT2D eigenvalue weighted by atomic mass is 16.5. The smallest absolute Gasteiger partial charge is 0.123 e. The summed E-state index contributed by atoms with van der Waals surface area (Å²) >= 11 is 0. The molecule has 4 unspecified atom stereocenters. The van der Waals surface area contributed by atoms with E-state index in [2.05, 4.69) is 12.1 Å². The first kappa shape index (κ1) is 13.9. The summed E-state index contributed by atoms with van der Waals surface area (Å²) in [6, 6.07) is 8.39. The van der Waals surface area contributed by atoms with Gasteiger partial charge in [-0.2, -0.15) is 0 Å². The van der Waals surface area contributed by atoms with Crippen molar-refractivity contribution in [2.75, 3.05) is 7.11 Å². The Labute approximate surface area is 122 Å². The van der Waals surface area contributed by atoms with Gasteiger partial charge in [-0.3, -0.25) is 0 Å². The van der Waals surface area contributed by atoms with Gasteiger partial charge in [0.25, 0.3) is 0 Å². The summed E-state index contributed by atoms with van der Waals surface area (Å²) in [6.07, 6.45) is 9.77. The van der Waals surface area contributed by atoms with Crippen LogP contribution in [0.4, 0.5) is 0 Å². The van der Waals surface area contributed by atoms with Crippen LogP contribution < -0.4 is 10.5 Å². The van der Waals surface area contributed by atoms with Gasteiger partial charge >= 0.3 is 0 Å². The molecule has 0 amide bonds. The first-order chi connectivity index (χ1) is 9.79. The van der Waals surface area contributed by atoms with Crippen molar-refractivity contribution < 1.29 is 4.74 Å². The van der Waals surface area contributed by atoms with Crippen molar-refractivity contribution in [1.29, 1.82) is 0 Å². The third kappa shape index (κ3) is 2.71. The molecule has 0 bridgehead atoms. The van der Waals surface area contributed by atoms with Crippen LogP contribution in [0, 0.1) is 17.8 Å². The number of rotatable bonds is 3. The molecule has 2 saturated carbocycles. The summed E-state index contributed by atoms with van der Waals surface area (Å²) in [7, 11) is 1.74. The number of para-hydroxylation sites is 1. The minimum atomic E-state index is 0.133. The zero-order chi connectivity index (χ0) is 13.9. The number of nitrogens with two attached hydrogens (primary N) is 1. The van der Waals surface area contributed by atoms with E-state index in [0.717, 1.165) is 17.6 Å². The van der Waals surface area contributed by atoms with E-state index in [1.165, 1.54) is 50.5 Å². The maximum absolute atomic E-state index is 6.59. The minimum absolute atomic E-state index is 0.133. The molecule has 2 fully saturated rings. The predicted molar refractivity (Wildman–Crippen MR) is 82.7 cm³/mol. The topological polar surface area (TPSA) is 35.2 Å². The van der Waals surface area contributed by atoms with Gasteiger partial charge in [0, 0.05) is 11.6 Å². The number of ether oxygens (including phenoxy) is 1. The molecular weight excluding hydrogens is 246 g/mol. The molecule has 0 aliphatic heterocycles. The highest BCUT2D eigenvalue weighted by Crippen LogP contribution is 2.46. The van der Waals surface area contributed by atoms with Crippen molar-refractivity contribution in [2.24, 2.45) is 23.5 Å². The number of benzene rings is 1. The average Bonchev–Trinajstić information content (AvgIpc) is 2.53. The third-order valence-corrected chi connectivity index (χ3v) is 5.59. The molecule has 110 valence electrons. The lowest BCUT2D eigenvalue weighted by Gasteiger charge is -2.41. The van der Waals surface area contributed by atoms with Crippen LogP contribution in [0.2, 0.25) is 0 Å². The normalized spacial score (nSPS) is 31.4. The lowest BCUT2D eigenvalue weighted by Crippen LogP contribution is -2.33. The molecule has 1 aromatic rings. The van der Waals surface area contributed by atoms with Crippen molar-refractivity contribution in [2.45, 2.75) is 51.0 Å². The molecule has 0 aromatic heterocycles. The van der Waals surface area contributed by atoms with Gasteiger partial charge in [-0.1, -0.05) is 43.9 Å². The maximum Gasteiger partial charge on any atom is 0.123 e. The molecule has 0 radical (unpaired) electrons. The lowest BCUT2D eigenvalue weighted by molar-refractivity contribution is 0.117. The molecule has 2 N–H and O–H groups in total. The number of methoxy groups -OCH3 is 1. The summed E-state index contributed by atoms with van der Waals surface area (Å²) in [5.41, 5.74) is 7.78. The van der Waals surface area contributed by atoms with Crippen molar-refractivity contribution in [3.63, 3.8) is 0 Å². The summed E-state index contributed by atoms with van der Waals surface area (Å²) in [5.74, 6) is 3.50. The second-order valence-electron chi connectivity index (χ2n) is 6.65. The fourth-order valence-electron chi connectivity index (χ4n) is 4.43. The average molecular weight is 273 g/mol. The summed E-state index contributed by atoms with van der Waals surface area (Å²) in [5, 5.41) is 0. The second kappa shape index (κ2) is 6.17. The summed E-state index contributed by atoms with van der Waals surface area (Å²) < 4.78 is 5.48. The van der Waals surface area contributed by atoms with Crippen LogP contribution in [0.3, 0.4) is 0 Å². The number of hydrogen-bond donors (Lipinski definition) is 1. The van der Waals surface area contributed by atoms with E-state index in [0.29, 0.717) is 5.92 Å². The standard InChI is InChI=1S/C18H27NO/c1-20-17-9-5-4-8-16(17)18(19)15-11-10-13-6-2-3-7-14(13)12-15/h4-5,8-9,13-15,18H,2-3,6-7,10-12,19H2,1H3. The Morgan fingerprint density at radius 1 is 1.05 bits per heavy atom. The van der Waals surface area contributed by atoms with Crippen LogP contribution in [0.5, 0.6) is 5.75 Å². The lowest BCUT2D eigenvalue weighted by atomic mass is 9.65. The molecular formula is C18H27NO. The minimum Gasteiger partial charge on any atom is -0.496 e. The number of hydrogen-bond acceptors (Lipinski definition) is 2. The van der Waals surface area contributed by atoms with Gasteiger partial charge in [0.1, 0.15) is 5.75 Å². The molecule has 2 nitrogen and oxygen atoms in total. The molecule has 0 spiro atoms. The van der Waals surface area contributed by atoms with Crippen molar-refractivity contribution in [3.05, 3.63) is 29.8 Å². The second-order valence-corrected chi connectivity index (χ2v) is 6.65. The zero-order valence-electron chi connectivity index (χ0n) is 12.6. The first-order valence-electron chi connectivity index (χ1n) is 8.18. The van der Waals surface area contributed by atoms with E-state index in [1.807, 2.05) is 12.1 Å². The van der Waals surface area contributed by atoms with Crippen LogP contribution in [-0.2, 0) is 0 Å². The van der Waals surface area contributed by atoms with Gasteiger partial charge in [-0.05, 0) is 43.1 Å². The van der Waals surface area contributed by atoms with Gasteiger partial charge in [0.2, 0.25) is 0 Å².